The number of rotatable bonds is 17. The van der Waals surface area contributed by atoms with Gasteiger partial charge < -0.3 is 4.90 Å². The van der Waals surface area contributed by atoms with Crippen molar-refractivity contribution in [2.75, 3.05) is 18.4 Å². The third kappa shape index (κ3) is 15.2. The first-order chi connectivity index (χ1) is 11.3. The standard InChI is InChI=1S/C20H40BrNO/c1-3-5-7-14-18-22(20(23)16-12-6-4-2)19-15-11-9-8-10-13-17-21/h3-19H2,1-2H3. The normalized spacial score (nSPS) is 10.9. The molecule has 0 aliphatic rings. The molecule has 0 saturated carbocycles. The molecule has 0 aromatic heterocycles. The van der Waals surface area contributed by atoms with E-state index in [0.717, 1.165) is 31.3 Å². The van der Waals surface area contributed by atoms with E-state index in [1.165, 1.54) is 77.0 Å². The quantitative estimate of drug-likeness (QED) is 0.200. The Balaban J connectivity index is 3.92. The van der Waals surface area contributed by atoms with Crippen LogP contribution in [0.5, 0.6) is 0 Å². The monoisotopic (exact) mass is 389 g/mol. The fourth-order valence-electron chi connectivity index (χ4n) is 2.88. The smallest absolute Gasteiger partial charge is 0.222 e. The third-order valence-electron chi connectivity index (χ3n) is 4.44. The lowest BCUT2D eigenvalue weighted by atomic mass is 10.1. The van der Waals surface area contributed by atoms with Crippen LogP contribution in [-0.4, -0.2) is 29.2 Å². The molecule has 0 rings (SSSR count). The summed E-state index contributed by atoms with van der Waals surface area (Å²) in [5, 5.41) is 1.13. The van der Waals surface area contributed by atoms with Gasteiger partial charge in [-0.2, -0.15) is 0 Å². The van der Waals surface area contributed by atoms with E-state index in [9.17, 15) is 4.79 Å². The van der Waals surface area contributed by atoms with Crippen molar-refractivity contribution in [2.24, 2.45) is 0 Å². The molecule has 0 unspecified atom stereocenters. The average molecular weight is 390 g/mol. The highest BCUT2D eigenvalue weighted by atomic mass is 79.9. The molecule has 138 valence electrons. The van der Waals surface area contributed by atoms with Crippen molar-refractivity contribution in [2.45, 2.75) is 104 Å². The molecule has 0 N–H and O–H groups in total. The summed E-state index contributed by atoms with van der Waals surface area (Å²) in [7, 11) is 0. The molecule has 0 heterocycles. The molecule has 0 radical (unpaired) electrons. The van der Waals surface area contributed by atoms with Gasteiger partial charge in [-0.05, 0) is 25.7 Å². The predicted molar refractivity (Wildman–Crippen MR) is 106 cm³/mol. The maximum atomic E-state index is 12.4. The van der Waals surface area contributed by atoms with E-state index in [-0.39, 0.29) is 0 Å². The number of alkyl halides is 1. The minimum Gasteiger partial charge on any atom is -0.343 e. The van der Waals surface area contributed by atoms with Gasteiger partial charge in [-0.15, -0.1) is 0 Å². The van der Waals surface area contributed by atoms with Gasteiger partial charge in [-0.25, -0.2) is 0 Å². The van der Waals surface area contributed by atoms with E-state index in [2.05, 4.69) is 34.7 Å². The van der Waals surface area contributed by atoms with E-state index in [4.69, 9.17) is 0 Å². The summed E-state index contributed by atoms with van der Waals surface area (Å²) in [5.74, 6) is 0.397. The number of amides is 1. The molecule has 0 aromatic carbocycles. The Kier molecular flexibility index (Phi) is 18.3. The first kappa shape index (κ1) is 22.9. The Hall–Kier alpha value is -0.0500. The SMILES string of the molecule is CCCCCCN(CCCCCCCCBr)C(=O)CCCCC. The van der Waals surface area contributed by atoms with Gasteiger partial charge in [0.1, 0.15) is 0 Å². The molecular weight excluding hydrogens is 350 g/mol. The maximum Gasteiger partial charge on any atom is 0.222 e. The number of nitrogens with zero attached hydrogens (tertiary/aromatic N) is 1. The van der Waals surface area contributed by atoms with Gasteiger partial charge in [0, 0.05) is 24.8 Å². The molecule has 0 aliphatic heterocycles. The van der Waals surface area contributed by atoms with Crippen molar-refractivity contribution in [3.05, 3.63) is 0 Å². The van der Waals surface area contributed by atoms with Crippen LogP contribution in [0.1, 0.15) is 104 Å². The van der Waals surface area contributed by atoms with Crippen LogP contribution < -0.4 is 0 Å². The largest absolute Gasteiger partial charge is 0.343 e. The van der Waals surface area contributed by atoms with Crippen LogP contribution in [0.2, 0.25) is 0 Å². The highest BCUT2D eigenvalue weighted by Crippen LogP contribution is 2.11. The molecule has 0 aromatic rings. The van der Waals surface area contributed by atoms with E-state index >= 15 is 0 Å². The topological polar surface area (TPSA) is 20.3 Å². The minimum atomic E-state index is 0.397. The molecular formula is C20H40BrNO. The fraction of sp³-hybridized carbons (Fsp3) is 0.950. The summed E-state index contributed by atoms with van der Waals surface area (Å²) < 4.78 is 0. The zero-order valence-corrected chi connectivity index (χ0v) is 17.3. The molecule has 0 bridgehead atoms. The number of carbonyl (C=O) groups is 1. The lowest BCUT2D eigenvalue weighted by molar-refractivity contribution is -0.131. The van der Waals surface area contributed by atoms with E-state index in [1.54, 1.807) is 0 Å². The van der Waals surface area contributed by atoms with Gasteiger partial charge in [0.2, 0.25) is 5.91 Å². The van der Waals surface area contributed by atoms with Crippen LogP contribution in [0.15, 0.2) is 0 Å². The van der Waals surface area contributed by atoms with Gasteiger partial charge in [0.25, 0.3) is 0 Å². The van der Waals surface area contributed by atoms with Gasteiger partial charge in [-0.3, -0.25) is 4.79 Å². The van der Waals surface area contributed by atoms with E-state index in [1.807, 2.05) is 0 Å². The van der Waals surface area contributed by atoms with Gasteiger partial charge in [-0.1, -0.05) is 87.6 Å². The Morgan fingerprint density at radius 3 is 1.74 bits per heavy atom. The number of halogens is 1. The van der Waals surface area contributed by atoms with Gasteiger partial charge >= 0.3 is 0 Å². The summed E-state index contributed by atoms with van der Waals surface area (Å²) >= 11 is 3.48. The number of carbonyl (C=O) groups excluding carboxylic acids is 1. The van der Waals surface area contributed by atoms with E-state index in [0.29, 0.717) is 5.91 Å². The van der Waals surface area contributed by atoms with Crippen molar-refractivity contribution in [3.63, 3.8) is 0 Å². The van der Waals surface area contributed by atoms with E-state index < -0.39 is 0 Å². The maximum absolute atomic E-state index is 12.4. The number of unbranched alkanes of at least 4 members (excludes halogenated alkanes) is 10. The summed E-state index contributed by atoms with van der Waals surface area (Å²) in [6, 6.07) is 0. The Morgan fingerprint density at radius 1 is 0.696 bits per heavy atom. The van der Waals surface area contributed by atoms with Crippen molar-refractivity contribution < 1.29 is 4.79 Å². The van der Waals surface area contributed by atoms with Gasteiger partial charge in [0.15, 0.2) is 0 Å². The first-order valence-electron chi connectivity index (χ1n) is 10.1. The predicted octanol–water partition coefficient (Wildman–Crippen LogP) is 6.71. The Morgan fingerprint density at radius 2 is 1.17 bits per heavy atom. The Bertz CT molecular complexity index is 258. The molecule has 0 aliphatic carbocycles. The molecule has 0 saturated heterocycles. The highest BCUT2D eigenvalue weighted by Gasteiger charge is 2.12. The molecule has 23 heavy (non-hydrogen) atoms. The fourth-order valence-corrected chi connectivity index (χ4v) is 3.28. The van der Waals surface area contributed by atoms with Crippen LogP contribution in [-0.2, 0) is 4.79 Å². The highest BCUT2D eigenvalue weighted by molar-refractivity contribution is 9.09. The third-order valence-corrected chi connectivity index (χ3v) is 5.00. The summed E-state index contributed by atoms with van der Waals surface area (Å²) in [5.41, 5.74) is 0. The number of hydrogen-bond donors (Lipinski definition) is 0. The molecule has 0 spiro atoms. The Labute approximate surface area is 153 Å². The number of hydrogen-bond acceptors (Lipinski definition) is 1. The summed E-state index contributed by atoms with van der Waals surface area (Å²) in [6.45, 7) is 6.40. The first-order valence-corrected chi connectivity index (χ1v) is 11.2. The van der Waals surface area contributed by atoms with Crippen molar-refractivity contribution >= 4 is 21.8 Å². The van der Waals surface area contributed by atoms with Crippen LogP contribution in [0.3, 0.4) is 0 Å². The second-order valence-electron chi connectivity index (χ2n) is 6.71. The molecule has 0 fully saturated rings. The molecule has 3 heteroatoms. The van der Waals surface area contributed by atoms with Crippen LogP contribution in [0.4, 0.5) is 0 Å². The average Bonchev–Trinajstić information content (AvgIpc) is 2.56. The molecule has 1 amide bonds. The lowest BCUT2D eigenvalue weighted by Crippen LogP contribution is -2.32. The molecule has 2 nitrogen and oxygen atoms in total. The van der Waals surface area contributed by atoms with Crippen molar-refractivity contribution in [1.82, 2.24) is 4.90 Å². The van der Waals surface area contributed by atoms with Crippen LogP contribution in [0, 0.1) is 0 Å². The minimum absolute atomic E-state index is 0.397. The van der Waals surface area contributed by atoms with Crippen molar-refractivity contribution in [1.29, 1.82) is 0 Å². The zero-order valence-electron chi connectivity index (χ0n) is 15.8. The zero-order chi connectivity index (χ0) is 17.2. The summed E-state index contributed by atoms with van der Waals surface area (Å²) in [6.07, 6.45) is 16.9. The molecule has 0 atom stereocenters. The second kappa shape index (κ2) is 18.3. The van der Waals surface area contributed by atoms with Gasteiger partial charge in [0.05, 0.1) is 0 Å². The lowest BCUT2D eigenvalue weighted by Gasteiger charge is -2.23. The van der Waals surface area contributed by atoms with Crippen LogP contribution in [0.25, 0.3) is 0 Å². The van der Waals surface area contributed by atoms with Crippen LogP contribution >= 0.6 is 15.9 Å². The second-order valence-corrected chi connectivity index (χ2v) is 7.50. The van der Waals surface area contributed by atoms with Crippen molar-refractivity contribution in [3.8, 4) is 0 Å². The summed E-state index contributed by atoms with van der Waals surface area (Å²) in [4.78, 5) is 14.6.